The van der Waals surface area contributed by atoms with Crippen molar-refractivity contribution < 1.29 is 14.3 Å². The molecule has 1 atom stereocenters. The Morgan fingerprint density at radius 1 is 1.16 bits per heavy atom. The minimum absolute atomic E-state index is 0.140. The van der Waals surface area contributed by atoms with E-state index in [0.29, 0.717) is 18.1 Å². The van der Waals surface area contributed by atoms with Gasteiger partial charge in [-0.05, 0) is 35.2 Å². The normalized spacial score (nSPS) is 16.0. The predicted octanol–water partition coefficient (Wildman–Crippen LogP) is 2.63. The average Bonchev–Trinajstić information content (AvgIpc) is 3.00. The van der Waals surface area contributed by atoms with Gasteiger partial charge in [-0.15, -0.1) is 0 Å². The van der Waals surface area contributed by atoms with Crippen LogP contribution in [0.1, 0.15) is 30.9 Å². The van der Waals surface area contributed by atoms with Crippen LogP contribution in [0.25, 0.3) is 0 Å². The van der Waals surface area contributed by atoms with Gasteiger partial charge in [0.25, 0.3) is 5.91 Å². The number of nitrogens with zero attached hydrogens (tertiary/aromatic N) is 1. The molecule has 0 bridgehead atoms. The van der Waals surface area contributed by atoms with E-state index in [0.717, 1.165) is 11.3 Å². The standard InChI is InChI=1S/C20H22N2O3/c1-13(2)14-7-9-16(10-8-14)25-12-19(23)22-17-6-4-3-5-15(17)11-18(22)20(21)24/h3-10,13,18H,11-12H2,1-2H3,(H2,21,24). The van der Waals surface area contributed by atoms with E-state index in [9.17, 15) is 9.59 Å². The summed E-state index contributed by atoms with van der Waals surface area (Å²) in [7, 11) is 0. The van der Waals surface area contributed by atoms with Gasteiger partial charge in [0, 0.05) is 12.1 Å². The van der Waals surface area contributed by atoms with E-state index in [2.05, 4.69) is 13.8 Å². The van der Waals surface area contributed by atoms with Gasteiger partial charge in [0.1, 0.15) is 11.8 Å². The summed E-state index contributed by atoms with van der Waals surface area (Å²) in [6.07, 6.45) is 0.445. The first-order valence-electron chi connectivity index (χ1n) is 8.39. The fraction of sp³-hybridized carbons (Fsp3) is 0.300. The average molecular weight is 338 g/mol. The molecular weight excluding hydrogens is 316 g/mol. The van der Waals surface area contributed by atoms with Crippen molar-refractivity contribution in [2.45, 2.75) is 32.2 Å². The number of amides is 2. The summed E-state index contributed by atoms with van der Waals surface area (Å²) in [6, 6.07) is 14.5. The molecule has 5 nitrogen and oxygen atoms in total. The maximum atomic E-state index is 12.7. The van der Waals surface area contributed by atoms with Crippen LogP contribution < -0.4 is 15.4 Å². The molecule has 0 radical (unpaired) electrons. The number of ether oxygens (including phenoxy) is 1. The van der Waals surface area contributed by atoms with Gasteiger partial charge >= 0.3 is 0 Å². The predicted molar refractivity (Wildman–Crippen MR) is 96.6 cm³/mol. The summed E-state index contributed by atoms with van der Waals surface area (Å²) in [5.74, 6) is 0.279. The minimum Gasteiger partial charge on any atom is -0.484 e. The zero-order chi connectivity index (χ0) is 18.0. The first-order valence-corrected chi connectivity index (χ1v) is 8.39. The molecule has 0 saturated heterocycles. The summed E-state index contributed by atoms with van der Waals surface area (Å²) in [5, 5.41) is 0. The summed E-state index contributed by atoms with van der Waals surface area (Å²) in [6.45, 7) is 4.10. The molecule has 0 aromatic heterocycles. The van der Waals surface area contributed by atoms with Crippen LogP contribution >= 0.6 is 0 Å². The third-order valence-corrected chi connectivity index (χ3v) is 4.48. The molecule has 25 heavy (non-hydrogen) atoms. The second kappa shape index (κ2) is 6.97. The molecule has 2 aromatic rings. The van der Waals surface area contributed by atoms with E-state index in [-0.39, 0.29) is 12.5 Å². The van der Waals surface area contributed by atoms with Crippen molar-refractivity contribution in [1.29, 1.82) is 0 Å². The number of carbonyl (C=O) groups excluding carboxylic acids is 2. The lowest BCUT2D eigenvalue weighted by Crippen LogP contribution is -2.47. The number of rotatable bonds is 5. The molecule has 130 valence electrons. The monoisotopic (exact) mass is 338 g/mol. The first kappa shape index (κ1) is 17.0. The van der Waals surface area contributed by atoms with E-state index in [1.54, 1.807) is 0 Å². The maximum absolute atomic E-state index is 12.7. The molecule has 0 aliphatic carbocycles. The smallest absolute Gasteiger partial charge is 0.265 e. The lowest BCUT2D eigenvalue weighted by Gasteiger charge is -2.23. The van der Waals surface area contributed by atoms with E-state index >= 15 is 0 Å². The largest absolute Gasteiger partial charge is 0.484 e. The molecule has 1 heterocycles. The number of fused-ring (bicyclic) bond motifs is 1. The Morgan fingerprint density at radius 2 is 1.84 bits per heavy atom. The van der Waals surface area contributed by atoms with E-state index < -0.39 is 11.9 Å². The molecule has 2 amide bonds. The Labute approximate surface area is 147 Å². The van der Waals surface area contributed by atoms with E-state index in [1.807, 2.05) is 48.5 Å². The highest BCUT2D eigenvalue weighted by Crippen LogP contribution is 2.32. The van der Waals surface area contributed by atoms with Crippen LogP contribution in [0.3, 0.4) is 0 Å². The summed E-state index contributed by atoms with van der Waals surface area (Å²) >= 11 is 0. The van der Waals surface area contributed by atoms with Gasteiger partial charge in [-0.25, -0.2) is 0 Å². The topological polar surface area (TPSA) is 72.6 Å². The van der Waals surface area contributed by atoms with Gasteiger partial charge in [0.05, 0.1) is 0 Å². The highest BCUT2D eigenvalue weighted by molar-refractivity contribution is 6.03. The van der Waals surface area contributed by atoms with Crippen molar-refractivity contribution in [2.24, 2.45) is 5.73 Å². The van der Waals surface area contributed by atoms with Crippen LogP contribution in [0.4, 0.5) is 5.69 Å². The van der Waals surface area contributed by atoms with Crippen molar-refractivity contribution in [1.82, 2.24) is 0 Å². The number of hydrogen-bond donors (Lipinski definition) is 1. The molecule has 3 rings (SSSR count). The lowest BCUT2D eigenvalue weighted by atomic mass is 10.0. The fourth-order valence-corrected chi connectivity index (χ4v) is 3.09. The zero-order valence-corrected chi connectivity index (χ0v) is 14.4. The molecule has 2 aromatic carbocycles. The van der Waals surface area contributed by atoms with Gasteiger partial charge in [-0.3, -0.25) is 14.5 Å². The molecule has 0 saturated carbocycles. The quantitative estimate of drug-likeness (QED) is 0.911. The lowest BCUT2D eigenvalue weighted by molar-refractivity contribution is -0.125. The van der Waals surface area contributed by atoms with E-state index in [1.165, 1.54) is 10.5 Å². The van der Waals surface area contributed by atoms with Crippen molar-refractivity contribution in [3.05, 3.63) is 59.7 Å². The summed E-state index contributed by atoms with van der Waals surface area (Å²) in [5.41, 5.74) is 8.37. The number of anilines is 1. The second-order valence-electron chi connectivity index (χ2n) is 6.53. The number of nitrogens with two attached hydrogens (primary N) is 1. The first-order chi connectivity index (χ1) is 12.0. The number of carbonyl (C=O) groups is 2. The fourth-order valence-electron chi connectivity index (χ4n) is 3.09. The highest BCUT2D eigenvalue weighted by atomic mass is 16.5. The molecule has 2 N–H and O–H groups in total. The van der Waals surface area contributed by atoms with Crippen molar-refractivity contribution in [3.63, 3.8) is 0 Å². The molecule has 1 aliphatic heterocycles. The van der Waals surface area contributed by atoms with E-state index in [4.69, 9.17) is 10.5 Å². The summed E-state index contributed by atoms with van der Waals surface area (Å²) in [4.78, 5) is 25.9. The molecule has 5 heteroatoms. The van der Waals surface area contributed by atoms with Gasteiger partial charge in [0.15, 0.2) is 6.61 Å². The molecular formula is C20H22N2O3. The van der Waals surface area contributed by atoms with Crippen molar-refractivity contribution in [2.75, 3.05) is 11.5 Å². The summed E-state index contributed by atoms with van der Waals surface area (Å²) < 4.78 is 5.61. The molecule has 0 spiro atoms. The van der Waals surface area contributed by atoms with Gasteiger partial charge in [0.2, 0.25) is 5.91 Å². The van der Waals surface area contributed by atoms with Crippen LogP contribution in [0, 0.1) is 0 Å². The van der Waals surface area contributed by atoms with Crippen molar-refractivity contribution in [3.8, 4) is 5.75 Å². The Kier molecular flexibility index (Phi) is 4.74. The number of primary amides is 1. The zero-order valence-electron chi connectivity index (χ0n) is 14.4. The molecule has 1 aliphatic rings. The van der Waals surface area contributed by atoms with Crippen LogP contribution in [0.15, 0.2) is 48.5 Å². The van der Waals surface area contributed by atoms with Crippen molar-refractivity contribution >= 4 is 17.5 Å². The van der Waals surface area contributed by atoms with Crippen LogP contribution in [0.5, 0.6) is 5.75 Å². The van der Waals surface area contributed by atoms with Crippen LogP contribution in [-0.2, 0) is 16.0 Å². The van der Waals surface area contributed by atoms with Gasteiger partial charge in [-0.2, -0.15) is 0 Å². The second-order valence-corrected chi connectivity index (χ2v) is 6.53. The third kappa shape index (κ3) is 3.50. The number of benzene rings is 2. The Balaban J connectivity index is 1.72. The van der Waals surface area contributed by atoms with Gasteiger partial charge in [-0.1, -0.05) is 44.2 Å². The number of para-hydroxylation sites is 1. The van der Waals surface area contributed by atoms with Crippen LogP contribution in [-0.4, -0.2) is 24.5 Å². The van der Waals surface area contributed by atoms with Crippen LogP contribution in [0.2, 0.25) is 0 Å². The Hall–Kier alpha value is -2.82. The number of hydrogen-bond acceptors (Lipinski definition) is 3. The van der Waals surface area contributed by atoms with Gasteiger partial charge < -0.3 is 10.5 Å². The molecule has 1 unspecified atom stereocenters. The highest BCUT2D eigenvalue weighted by Gasteiger charge is 2.37. The minimum atomic E-state index is -0.656. The Bertz CT molecular complexity index is 784. The Morgan fingerprint density at radius 3 is 2.48 bits per heavy atom. The molecule has 0 fully saturated rings. The SMILES string of the molecule is CC(C)c1ccc(OCC(=O)N2c3ccccc3CC2C(N)=O)cc1. The third-order valence-electron chi connectivity index (χ3n) is 4.48. The maximum Gasteiger partial charge on any atom is 0.265 e.